The lowest BCUT2D eigenvalue weighted by molar-refractivity contribution is 0.783. The number of nitrogens with zero attached hydrogens (tertiary/aromatic N) is 2. The summed E-state index contributed by atoms with van der Waals surface area (Å²) in [6.45, 7) is 4.06. The second kappa shape index (κ2) is 3.95. The van der Waals surface area contributed by atoms with Gasteiger partial charge in [-0.2, -0.15) is 0 Å². The first kappa shape index (κ1) is 10.7. The fourth-order valence-corrected chi connectivity index (χ4v) is 1.75. The van der Waals surface area contributed by atoms with Crippen molar-refractivity contribution < 1.29 is 0 Å². The van der Waals surface area contributed by atoms with E-state index in [-0.39, 0.29) is 5.92 Å². The van der Waals surface area contributed by atoms with Gasteiger partial charge in [0.2, 0.25) is 0 Å². The lowest BCUT2D eigenvalue weighted by Gasteiger charge is -2.06. The van der Waals surface area contributed by atoms with Crippen molar-refractivity contribution in [3.8, 4) is 0 Å². The fourth-order valence-electron chi connectivity index (χ4n) is 1.34. The van der Waals surface area contributed by atoms with Crippen LogP contribution < -0.4 is 0 Å². The van der Waals surface area contributed by atoms with Crippen molar-refractivity contribution in [1.29, 1.82) is 0 Å². The number of benzene rings is 1. The molecule has 0 atom stereocenters. The molecule has 1 aromatic heterocycles. The van der Waals surface area contributed by atoms with Gasteiger partial charge in [0.25, 0.3) is 0 Å². The Morgan fingerprint density at radius 1 is 1.13 bits per heavy atom. The molecule has 1 aromatic carbocycles. The molecule has 2 aromatic rings. The smallest absolute Gasteiger partial charge is 0.140 e. The zero-order chi connectivity index (χ0) is 11.0. The van der Waals surface area contributed by atoms with Crippen LogP contribution in [0.2, 0.25) is 10.2 Å². The molecule has 0 fully saturated rings. The molecule has 0 saturated heterocycles. The van der Waals surface area contributed by atoms with Crippen LogP contribution >= 0.6 is 23.2 Å². The molecule has 2 rings (SSSR count). The molecule has 2 nitrogen and oxygen atoms in total. The van der Waals surface area contributed by atoms with Crippen LogP contribution in [0.4, 0.5) is 0 Å². The van der Waals surface area contributed by atoms with Crippen LogP contribution in [-0.4, -0.2) is 9.97 Å². The summed E-state index contributed by atoms with van der Waals surface area (Å²) in [6, 6.07) is 5.43. The second-order valence-corrected chi connectivity index (χ2v) is 4.48. The van der Waals surface area contributed by atoms with E-state index in [1.54, 1.807) is 12.1 Å². The summed E-state index contributed by atoms with van der Waals surface area (Å²) in [5.74, 6) is 1.00. The zero-order valence-corrected chi connectivity index (χ0v) is 9.97. The van der Waals surface area contributed by atoms with E-state index in [0.717, 1.165) is 16.7 Å². The first-order valence-electron chi connectivity index (χ1n) is 4.70. The maximum Gasteiger partial charge on any atom is 0.140 e. The summed E-state index contributed by atoms with van der Waals surface area (Å²) >= 11 is 12.0. The van der Waals surface area contributed by atoms with Gasteiger partial charge in [-0.15, -0.1) is 0 Å². The average molecular weight is 241 g/mol. The van der Waals surface area contributed by atoms with Gasteiger partial charge in [-0.1, -0.05) is 37.0 Å². The molecule has 0 aliphatic heterocycles. The Hall–Kier alpha value is -0.860. The SMILES string of the molecule is CC(C)c1nc(Cl)c2ccc(Cl)cc2n1. The van der Waals surface area contributed by atoms with E-state index in [1.807, 2.05) is 19.9 Å². The molecule has 0 aliphatic carbocycles. The van der Waals surface area contributed by atoms with Crippen molar-refractivity contribution in [2.24, 2.45) is 0 Å². The van der Waals surface area contributed by atoms with Crippen molar-refractivity contribution in [3.05, 3.63) is 34.2 Å². The Labute approximate surface area is 98.3 Å². The molecule has 4 heteroatoms. The molecule has 0 radical (unpaired) electrons. The molecule has 78 valence electrons. The van der Waals surface area contributed by atoms with E-state index >= 15 is 0 Å². The summed E-state index contributed by atoms with van der Waals surface area (Å²) in [5, 5.41) is 1.98. The lowest BCUT2D eigenvalue weighted by Crippen LogP contribution is -1.98. The highest BCUT2D eigenvalue weighted by atomic mass is 35.5. The average Bonchev–Trinajstić information content (AvgIpc) is 2.16. The van der Waals surface area contributed by atoms with E-state index in [9.17, 15) is 0 Å². The summed E-state index contributed by atoms with van der Waals surface area (Å²) in [7, 11) is 0. The molecular formula is C11H10Cl2N2. The van der Waals surface area contributed by atoms with Gasteiger partial charge < -0.3 is 0 Å². The quantitative estimate of drug-likeness (QED) is 0.703. The van der Waals surface area contributed by atoms with Crippen LogP contribution in [0, 0.1) is 0 Å². The van der Waals surface area contributed by atoms with Crippen LogP contribution in [0.1, 0.15) is 25.6 Å². The summed E-state index contributed by atoms with van der Waals surface area (Å²) in [5.41, 5.74) is 0.797. The largest absolute Gasteiger partial charge is 0.232 e. The van der Waals surface area contributed by atoms with Crippen molar-refractivity contribution in [2.75, 3.05) is 0 Å². The first-order chi connectivity index (χ1) is 7.08. The van der Waals surface area contributed by atoms with Gasteiger partial charge in [0, 0.05) is 16.3 Å². The van der Waals surface area contributed by atoms with Gasteiger partial charge in [-0.3, -0.25) is 0 Å². The molecule has 0 N–H and O–H groups in total. The van der Waals surface area contributed by atoms with Crippen LogP contribution in [0.5, 0.6) is 0 Å². The summed E-state index contributed by atoms with van der Waals surface area (Å²) in [4.78, 5) is 8.66. The normalized spacial score (nSPS) is 11.3. The van der Waals surface area contributed by atoms with E-state index in [2.05, 4.69) is 9.97 Å². The van der Waals surface area contributed by atoms with Gasteiger partial charge in [0.1, 0.15) is 11.0 Å². The molecule has 0 spiro atoms. The van der Waals surface area contributed by atoms with Gasteiger partial charge in [-0.25, -0.2) is 9.97 Å². The number of halogens is 2. The second-order valence-electron chi connectivity index (χ2n) is 3.69. The lowest BCUT2D eigenvalue weighted by atomic mass is 10.2. The molecule has 0 aliphatic rings. The number of hydrogen-bond donors (Lipinski definition) is 0. The standard InChI is InChI=1S/C11H10Cl2N2/c1-6(2)11-14-9-5-7(12)3-4-8(9)10(13)15-11/h3-6H,1-2H3. The van der Waals surface area contributed by atoms with Crippen molar-refractivity contribution in [3.63, 3.8) is 0 Å². The zero-order valence-electron chi connectivity index (χ0n) is 8.46. The van der Waals surface area contributed by atoms with Gasteiger partial charge in [-0.05, 0) is 18.2 Å². The molecule has 0 amide bonds. The van der Waals surface area contributed by atoms with Crippen molar-refractivity contribution >= 4 is 34.1 Å². The van der Waals surface area contributed by atoms with Crippen LogP contribution in [0.15, 0.2) is 18.2 Å². The highest BCUT2D eigenvalue weighted by Gasteiger charge is 2.08. The summed E-state index contributed by atoms with van der Waals surface area (Å²) in [6.07, 6.45) is 0. The van der Waals surface area contributed by atoms with Gasteiger partial charge in [0.05, 0.1) is 5.52 Å². The highest BCUT2D eigenvalue weighted by Crippen LogP contribution is 2.25. The van der Waals surface area contributed by atoms with E-state index in [0.29, 0.717) is 10.2 Å². The Bertz CT molecular complexity index is 509. The third kappa shape index (κ3) is 2.06. The minimum absolute atomic E-state index is 0.255. The maximum atomic E-state index is 6.06. The number of aromatic nitrogens is 2. The van der Waals surface area contributed by atoms with Gasteiger partial charge in [0.15, 0.2) is 0 Å². The summed E-state index contributed by atoms with van der Waals surface area (Å²) < 4.78 is 0. The van der Waals surface area contributed by atoms with Crippen LogP contribution in [0.3, 0.4) is 0 Å². The molecule has 0 bridgehead atoms. The Morgan fingerprint density at radius 3 is 2.53 bits per heavy atom. The van der Waals surface area contributed by atoms with E-state index in [4.69, 9.17) is 23.2 Å². The first-order valence-corrected chi connectivity index (χ1v) is 5.46. The van der Waals surface area contributed by atoms with E-state index < -0.39 is 0 Å². The van der Waals surface area contributed by atoms with Crippen LogP contribution in [0.25, 0.3) is 10.9 Å². The predicted octanol–water partition coefficient (Wildman–Crippen LogP) is 4.06. The Balaban J connectivity index is 2.74. The molecule has 0 saturated carbocycles. The van der Waals surface area contributed by atoms with Crippen molar-refractivity contribution in [2.45, 2.75) is 19.8 Å². The predicted molar refractivity (Wildman–Crippen MR) is 63.6 cm³/mol. The molecule has 1 heterocycles. The Kier molecular flexibility index (Phi) is 2.81. The van der Waals surface area contributed by atoms with Gasteiger partial charge >= 0.3 is 0 Å². The molecule has 15 heavy (non-hydrogen) atoms. The third-order valence-electron chi connectivity index (χ3n) is 2.15. The fraction of sp³-hybridized carbons (Fsp3) is 0.273. The highest BCUT2D eigenvalue weighted by molar-refractivity contribution is 6.35. The monoisotopic (exact) mass is 240 g/mol. The van der Waals surface area contributed by atoms with Crippen molar-refractivity contribution in [1.82, 2.24) is 9.97 Å². The maximum absolute atomic E-state index is 6.06. The minimum Gasteiger partial charge on any atom is -0.232 e. The molecular weight excluding hydrogens is 231 g/mol. The van der Waals surface area contributed by atoms with Crippen LogP contribution in [-0.2, 0) is 0 Å². The topological polar surface area (TPSA) is 25.8 Å². The third-order valence-corrected chi connectivity index (χ3v) is 2.67. The Morgan fingerprint density at radius 2 is 1.87 bits per heavy atom. The number of fused-ring (bicyclic) bond motifs is 1. The number of rotatable bonds is 1. The molecule has 0 unspecified atom stereocenters. The van der Waals surface area contributed by atoms with E-state index in [1.165, 1.54) is 0 Å². The minimum atomic E-state index is 0.255. The number of hydrogen-bond acceptors (Lipinski definition) is 2.